The topological polar surface area (TPSA) is 70.1 Å². The first kappa shape index (κ1) is 13.3. The van der Waals surface area contributed by atoms with E-state index in [1.54, 1.807) is 6.21 Å². The molecule has 1 heterocycles. The monoisotopic (exact) mass is 276 g/mol. The molecule has 0 aliphatic rings. The predicted molar refractivity (Wildman–Crippen MR) is 76.7 cm³/mol. The first-order valence-corrected chi connectivity index (χ1v) is 6.20. The lowest BCUT2D eigenvalue weighted by atomic mass is 10.1. The molecule has 0 radical (unpaired) electrons. The number of benzene rings is 1. The van der Waals surface area contributed by atoms with Gasteiger partial charge in [-0.05, 0) is 18.4 Å². The van der Waals surface area contributed by atoms with Crippen LogP contribution in [0.2, 0.25) is 5.02 Å². The number of hydrazone groups is 1. The van der Waals surface area contributed by atoms with Crippen molar-refractivity contribution < 1.29 is 0 Å². The smallest absolute Gasteiger partial charge is 0.275 e. The number of anilines is 1. The van der Waals surface area contributed by atoms with Crippen LogP contribution < -0.4 is 11.0 Å². The van der Waals surface area contributed by atoms with Gasteiger partial charge in [0.15, 0.2) is 0 Å². The Morgan fingerprint density at radius 3 is 2.95 bits per heavy atom. The molecule has 1 aromatic carbocycles. The summed E-state index contributed by atoms with van der Waals surface area (Å²) in [6.45, 7) is 0. The van der Waals surface area contributed by atoms with Gasteiger partial charge in [-0.15, -0.1) is 0 Å². The van der Waals surface area contributed by atoms with Crippen molar-refractivity contribution in [2.75, 3.05) is 5.43 Å². The lowest BCUT2D eigenvalue weighted by Gasteiger charge is -2.00. The molecule has 5 nitrogen and oxygen atoms in total. The largest absolute Gasteiger partial charge is 0.285 e. The highest BCUT2D eigenvalue weighted by Crippen LogP contribution is 2.13. The number of aryl methyl sites for hydroxylation is 1. The Labute approximate surface area is 115 Å². The van der Waals surface area contributed by atoms with Gasteiger partial charge < -0.3 is 0 Å². The van der Waals surface area contributed by atoms with Crippen LogP contribution in [0.25, 0.3) is 0 Å². The maximum Gasteiger partial charge on any atom is 0.285 e. The summed E-state index contributed by atoms with van der Waals surface area (Å²) in [4.78, 5) is 11.2. The number of nitrogens with zero attached hydrogens (tertiary/aromatic N) is 2. The number of hydrogen-bond acceptors (Lipinski definition) is 4. The van der Waals surface area contributed by atoms with E-state index in [0.29, 0.717) is 5.69 Å². The molecule has 1 aromatic heterocycles. The number of nitrogens with one attached hydrogen (secondary N) is 2. The number of hydrogen-bond donors (Lipinski definition) is 2. The minimum atomic E-state index is -0.439. The van der Waals surface area contributed by atoms with Crippen LogP contribution in [0.4, 0.5) is 5.69 Å². The van der Waals surface area contributed by atoms with E-state index >= 15 is 0 Å². The zero-order valence-electron chi connectivity index (χ0n) is 10.1. The number of halogens is 1. The van der Waals surface area contributed by atoms with E-state index in [9.17, 15) is 4.79 Å². The van der Waals surface area contributed by atoms with E-state index in [2.05, 4.69) is 32.9 Å². The van der Waals surface area contributed by atoms with Crippen molar-refractivity contribution in [1.29, 1.82) is 0 Å². The van der Waals surface area contributed by atoms with Gasteiger partial charge in [0, 0.05) is 6.21 Å². The Kier molecular flexibility index (Phi) is 4.69. The van der Waals surface area contributed by atoms with Crippen LogP contribution in [-0.4, -0.2) is 16.4 Å². The van der Waals surface area contributed by atoms with E-state index in [1.165, 1.54) is 11.8 Å². The molecule has 0 bridgehead atoms. The fourth-order valence-electron chi connectivity index (χ4n) is 1.52. The zero-order chi connectivity index (χ0) is 13.5. The maximum absolute atomic E-state index is 11.2. The highest BCUT2D eigenvalue weighted by molar-refractivity contribution is 6.32. The van der Waals surface area contributed by atoms with Crippen molar-refractivity contribution in [2.24, 2.45) is 5.10 Å². The quantitative estimate of drug-likeness (QED) is 0.651. The zero-order valence-corrected chi connectivity index (χ0v) is 10.9. The first-order valence-electron chi connectivity index (χ1n) is 5.82. The Hall–Kier alpha value is -2.14. The molecule has 0 atom stereocenters. The highest BCUT2D eigenvalue weighted by Gasteiger charge is 2.02. The number of aromatic nitrogens is 2. The third-order valence-electron chi connectivity index (χ3n) is 2.48. The van der Waals surface area contributed by atoms with Crippen molar-refractivity contribution in [3.05, 3.63) is 57.5 Å². The van der Waals surface area contributed by atoms with Crippen LogP contribution in [0.5, 0.6) is 0 Å². The molecular weight excluding hydrogens is 264 g/mol. The summed E-state index contributed by atoms with van der Waals surface area (Å²) in [6, 6.07) is 10.1. The molecule has 0 aliphatic heterocycles. The highest BCUT2D eigenvalue weighted by atomic mass is 35.5. The summed E-state index contributed by atoms with van der Waals surface area (Å²) < 4.78 is 0. The summed E-state index contributed by atoms with van der Waals surface area (Å²) in [7, 11) is 0. The SMILES string of the molecule is O=c1[nH]ncc(N/N=C\CCc2ccccc2)c1Cl. The van der Waals surface area contributed by atoms with E-state index in [-0.39, 0.29) is 5.02 Å². The standard InChI is InChI=1S/C13H13ClN4O/c14-12-11(9-16-18-13(12)19)17-15-8-4-7-10-5-2-1-3-6-10/h1-3,5-6,8-9H,4,7H2,(H2,17,18,19)/b15-8-. The second-order valence-electron chi connectivity index (χ2n) is 3.87. The number of H-pyrrole nitrogens is 1. The average molecular weight is 277 g/mol. The number of rotatable bonds is 5. The van der Waals surface area contributed by atoms with Gasteiger partial charge >= 0.3 is 0 Å². The predicted octanol–water partition coefficient (Wildman–Crippen LogP) is 2.45. The summed E-state index contributed by atoms with van der Waals surface area (Å²) >= 11 is 5.78. The van der Waals surface area contributed by atoms with Crippen LogP contribution in [0.15, 0.2) is 46.4 Å². The molecule has 98 valence electrons. The van der Waals surface area contributed by atoms with E-state index < -0.39 is 5.56 Å². The molecule has 0 unspecified atom stereocenters. The molecule has 0 amide bonds. The summed E-state index contributed by atoms with van der Waals surface area (Å²) in [5.41, 5.74) is 3.90. The summed E-state index contributed by atoms with van der Waals surface area (Å²) in [6.07, 6.45) is 4.86. The Morgan fingerprint density at radius 2 is 2.16 bits per heavy atom. The van der Waals surface area contributed by atoms with Crippen molar-refractivity contribution in [2.45, 2.75) is 12.8 Å². The van der Waals surface area contributed by atoms with Crippen molar-refractivity contribution in [3.8, 4) is 0 Å². The van der Waals surface area contributed by atoms with Crippen LogP contribution in [-0.2, 0) is 6.42 Å². The Morgan fingerprint density at radius 1 is 1.37 bits per heavy atom. The van der Waals surface area contributed by atoms with Crippen molar-refractivity contribution in [3.63, 3.8) is 0 Å². The van der Waals surface area contributed by atoms with Crippen molar-refractivity contribution in [1.82, 2.24) is 10.2 Å². The van der Waals surface area contributed by atoms with Gasteiger partial charge in [-0.1, -0.05) is 41.9 Å². The normalized spacial score (nSPS) is 10.8. The molecule has 19 heavy (non-hydrogen) atoms. The third kappa shape index (κ3) is 3.93. The van der Waals surface area contributed by atoms with Crippen LogP contribution in [0, 0.1) is 0 Å². The van der Waals surface area contributed by atoms with Gasteiger partial charge in [0.05, 0.1) is 6.20 Å². The van der Waals surface area contributed by atoms with Crippen LogP contribution >= 0.6 is 11.6 Å². The average Bonchev–Trinajstić information content (AvgIpc) is 2.44. The lowest BCUT2D eigenvalue weighted by molar-refractivity contribution is 0.986. The summed E-state index contributed by atoms with van der Waals surface area (Å²) in [5, 5.41) is 9.92. The van der Waals surface area contributed by atoms with Gasteiger partial charge in [0.2, 0.25) is 0 Å². The third-order valence-corrected chi connectivity index (χ3v) is 2.85. The Bertz CT molecular complexity index is 610. The molecule has 0 aliphatic carbocycles. The van der Waals surface area contributed by atoms with Gasteiger partial charge in [-0.2, -0.15) is 10.2 Å². The first-order chi connectivity index (χ1) is 9.27. The minimum Gasteiger partial charge on any atom is -0.275 e. The molecule has 0 spiro atoms. The van der Waals surface area contributed by atoms with Gasteiger partial charge in [0.25, 0.3) is 5.56 Å². The van der Waals surface area contributed by atoms with E-state index in [0.717, 1.165) is 12.8 Å². The van der Waals surface area contributed by atoms with E-state index in [4.69, 9.17) is 11.6 Å². The van der Waals surface area contributed by atoms with Crippen LogP contribution in [0.3, 0.4) is 0 Å². The molecular formula is C13H13ClN4O. The molecule has 2 N–H and O–H groups in total. The van der Waals surface area contributed by atoms with Gasteiger partial charge in [-0.25, -0.2) is 5.10 Å². The molecule has 0 saturated heterocycles. The fraction of sp³-hybridized carbons (Fsp3) is 0.154. The molecule has 6 heteroatoms. The lowest BCUT2D eigenvalue weighted by Crippen LogP contribution is -2.10. The van der Waals surface area contributed by atoms with E-state index in [1.807, 2.05) is 18.2 Å². The van der Waals surface area contributed by atoms with Crippen molar-refractivity contribution >= 4 is 23.5 Å². The Balaban J connectivity index is 1.84. The second-order valence-corrected chi connectivity index (χ2v) is 4.25. The van der Waals surface area contributed by atoms with Crippen LogP contribution in [0.1, 0.15) is 12.0 Å². The maximum atomic E-state index is 11.2. The molecule has 0 fully saturated rings. The fourth-order valence-corrected chi connectivity index (χ4v) is 1.65. The molecule has 2 rings (SSSR count). The van der Waals surface area contributed by atoms with Gasteiger partial charge in [0.1, 0.15) is 10.7 Å². The molecule has 0 saturated carbocycles. The van der Waals surface area contributed by atoms with Gasteiger partial charge in [-0.3, -0.25) is 10.2 Å². The number of aromatic amines is 1. The molecule has 2 aromatic rings. The summed E-state index contributed by atoms with van der Waals surface area (Å²) in [5.74, 6) is 0. The minimum absolute atomic E-state index is 0.0511. The second kappa shape index (κ2) is 6.70.